The number of nitrogens with zero attached hydrogens (tertiary/aromatic N) is 2. The van der Waals surface area contributed by atoms with Crippen molar-refractivity contribution in [2.75, 3.05) is 23.3 Å². The zero-order valence-electron chi connectivity index (χ0n) is 21.3. The topological polar surface area (TPSA) is 115 Å². The number of nitrogens with two attached hydrogens (primary N) is 1. The molecule has 0 saturated carbocycles. The molecular weight excluding hydrogens is 456 g/mol. The van der Waals surface area contributed by atoms with Crippen molar-refractivity contribution in [1.29, 1.82) is 0 Å². The van der Waals surface area contributed by atoms with Crippen LogP contribution in [0.4, 0.5) is 11.4 Å². The molecule has 8 nitrogen and oxygen atoms in total. The summed E-state index contributed by atoms with van der Waals surface area (Å²) in [4.78, 5) is 44.0. The number of aromatic nitrogens is 1. The van der Waals surface area contributed by atoms with Gasteiger partial charge in [-0.05, 0) is 83.1 Å². The van der Waals surface area contributed by atoms with Crippen molar-refractivity contribution in [2.45, 2.75) is 40.2 Å². The molecule has 0 unspecified atom stereocenters. The lowest BCUT2D eigenvalue weighted by molar-refractivity contribution is 0.00694. The first-order chi connectivity index (χ1) is 17.0. The van der Waals surface area contributed by atoms with E-state index in [1.54, 1.807) is 57.2 Å². The van der Waals surface area contributed by atoms with Crippen LogP contribution in [0.15, 0.2) is 60.8 Å². The standard InChI is InChI=1S/C28H32N4O4/c1-6-32(7-2)21-11-12-23(22(17-21)24-16-18(25(29)33)13-14-30-24)31-26(34)19-9-8-10-20(15-19)27(35)36-28(3,4)5/h8-17H,6-7H2,1-5H3,(H2,29,33)(H,31,34). The molecule has 0 fully saturated rings. The Morgan fingerprint density at radius 1 is 0.944 bits per heavy atom. The van der Waals surface area contributed by atoms with Gasteiger partial charge in [0.2, 0.25) is 5.91 Å². The van der Waals surface area contributed by atoms with Crippen LogP contribution in [0.25, 0.3) is 11.3 Å². The van der Waals surface area contributed by atoms with Gasteiger partial charge in [-0.2, -0.15) is 0 Å². The second-order valence-corrected chi connectivity index (χ2v) is 9.23. The third-order valence-electron chi connectivity index (χ3n) is 5.46. The SMILES string of the molecule is CCN(CC)c1ccc(NC(=O)c2cccc(C(=O)OC(C)(C)C)c2)c(-c2cc(C(N)=O)ccn2)c1. The summed E-state index contributed by atoms with van der Waals surface area (Å²) in [7, 11) is 0. The number of pyridine rings is 1. The number of amides is 2. The van der Waals surface area contributed by atoms with Crippen molar-refractivity contribution in [1.82, 2.24) is 4.98 Å². The number of carbonyl (C=O) groups excluding carboxylic acids is 3. The molecule has 0 bridgehead atoms. The number of ether oxygens (including phenoxy) is 1. The molecule has 0 radical (unpaired) electrons. The van der Waals surface area contributed by atoms with Gasteiger partial charge in [0.05, 0.1) is 16.9 Å². The molecule has 3 N–H and O–H groups in total. The first kappa shape index (κ1) is 26.4. The van der Waals surface area contributed by atoms with Gasteiger partial charge in [-0.25, -0.2) is 4.79 Å². The molecule has 0 spiro atoms. The molecule has 3 rings (SSSR count). The van der Waals surface area contributed by atoms with E-state index in [4.69, 9.17) is 10.5 Å². The minimum atomic E-state index is -0.649. The molecule has 1 heterocycles. The molecule has 0 aliphatic rings. The van der Waals surface area contributed by atoms with E-state index in [1.807, 2.05) is 12.1 Å². The maximum atomic E-state index is 13.2. The Bertz CT molecular complexity index is 1280. The summed E-state index contributed by atoms with van der Waals surface area (Å²) >= 11 is 0. The second-order valence-electron chi connectivity index (χ2n) is 9.23. The molecule has 8 heteroatoms. The summed E-state index contributed by atoms with van der Waals surface area (Å²) < 4.78 is 5.42. The molecule has 1 aromatic heterocycles. The molecule has 36 heavy (non-hydrogen) atoms. The van der Waals surface area contributed by atoms with Gasteiger partial charge in [0, 0.05) is 41.7 Å². The van der Waals surface area contributed by atoms with Gasteiger partial charge in [0.25, 0.3) is 5.91 Å². The monoisotopic (exact) mass is 488 g/mol. The van der Waals surface area contributed by atoms with Crippen LogP contribution < -0.4 is 16.0 Å². The summed E-state index contributed by atoms with van der Waals surface area (Å²) in [6.07, 6.45) is 1.51. The molecule has 3 aromatic rings. The van der Waals surface area contributed by atoms with Crippen LogP contribution in [0.3, 0.4) is 0 Å². The molecule has 2 aromatic carbocycles. The van der Waals surface area contributed by atoms with Crippen molar-refractivity contribution < 1.29 is 19.1 Å². The molecule has 188 valence electrons. The lowest BCUT2D eigenvalue weighted by atomic mass is 10.0. The Morgan fingerprint density at radius 3 is 2.28 bits per heavy atom. The fraction of sp³-hybridized carbons (Fsp3) is 0.286. The molecule has 0 saturated heterocycles. The van der Waals surface area contributed by atoms with E-state index in [1.165, 1.54) is 12.3 Å². The van der Waals surface area contributed by atoms with Crippen molar-refractivity contribution in [3.05, 3.63) is 77.5 Å². The van der Waals surface area contributed by atoms with Crippen molar-refractivity contribution >= 4 is 29.2 Å². The first-order valence-electron chi connectivity index (χ1n) is 11.8. The van der Waals surface area contributed by atoms with Crippen LogP contribution in [0, 0.1) is 0 Å². The smallest absolute Gasteiger partial charge is 0.338 e. The van der Waals surface area contributed by atoms with E-state index < -0.39 is 23.4 Å². The number of carbonyl (C=O) groups is 3. The fourth-order valence-electron chi connectivity index (χ4n) is 3.69. The van der Waals surface area contributed by atoms with Gasteiger partial charge in [0.1, 0.15) is 5.60 Å². The maximum absolute atomic E-state index is 13.2. The zero-order chi connectivity index (χ0) is 26.5. The van der Waals surface area contributed by atoms with Gasteiger partial charge in [-0.1, -0.05) is 6.07 Å². The van der Waals surface area contributed by atoms with E-state index in [0.29, 0.717) is 28.1 Å². The molecule has 2 amide bonds. The fourth-order valence-corrected chi connectivity index (χ4v) is 3.69. The molecule has 0 atom stereocenters. The number of esters is 1. The highest BCUT2D eigenvalue weighted by Crippen LogP contribution is 2.32. The zero-order valence-corrected chi connectivity index (χ0v) is 21.3. The Hall–Kier alpha value is -4.20. The molecule has 0 aliphatic carbocycles. The Morgan fingerprint density at radius 2 is 1.64 bits per heavy atom. The van der Waals surface area contributed by atoms with E-state index >= 15 is 0 Å². The summed E-state index contributed by atoms with van der Waals surface area (Å²) in [5.74, 6) is -1.47. The third-order valence-corrected chi connectivity index (χ3v) is 5.46. The maximum Gasteiger partial charge on any atom is 0.338 e. The van der Waals surface area contributed by atoms with Gasteiger partial charge in [0.15, 0.2) is 0 Å². The summed E-state index contributed by atoms with van der Waals surface area (Å²) in [6.45, 7) is 11.1. The highest BCUT2D eigenvalue weighted by molar-refractivity contribution is 6.07. The number of benzene rings is 2. The van der Waals surface area contributed by atoms with Crippen LogP contribution in [-0.2, 0) is 4.74 Å². The van der Waals surface area contributed by atoms with Crippen LogP contribution in [0.5, 0.6) is 0 Å². The molecule has 0 aliphatic heterocycles. The normalized spacial score (nSPS) is 11.0. The number of hydrogen-bond acceptors (Lipinski definition) is 6. The van der Waals surface area contributed by atoms with Gasteiger partial charge < -0.3 is 20.7 Å². The predicted octanol–water partition coefficient (Wildman–Crippen LogP) is 4.90. The number of rotatable bonds is 8. The highest BCUT2D eigenvalue weighted by Gasteiger charge is 2.20. The van der Waals surface area contributed by atoms with E-state index in [0.717, 1.165) is 18.8 Å². The lowest BCUT2D eigenvalue weighted by Crippen LogP contribution is -2.24. The van der Waals surface area contributed by atoms with Crippen LogP contribution in [0.2, 0.25) is 0 Å². The Kier molecular flexibility index (Phi) is 8.09. The third kappa shape index (κ3) is 6.47. The quantitative estimate of drug-likeness (QED) is 0.436. The molecular formula is C28H32N4O4. The van der Waals surface area contributed by atoms with E-state index in [-0.39, 0.29) is 5.56 Å². The van der Waals surface area contributed by atoms with Gasteiger partial charge in [-0.15, -0.1) is 0 Å². The van der Waals surface area contributed by atoms with E-state index in [2.05, 4.69) is 29.0 Å². The lowest BCUT2D eigenvalue weighted by Gasteiger charge is -2.23. The summed E-state index contributed by atoms with van der Waals surface area (Å²) in [5.41, 5.74) is 8.32. The minimum absolute atomic E-state index is 0.283. The predicted molar refractivity (Wildman–Crippen MR) is 141 cm³/mol. The summed E-state index contributed by atoms with van der Waals surface area (Å²) in [6, 6.07) is 15.2. The first-order valence-corrected chi connectivity index (χ1v) is 11.8. The van der Waals surface area contributed by atoms with Crippen molar-refractivity contribution in [3.8, 4) is 11.3 Å². The minimum Gasteiger partial charge on any atom is -0.456 e. The number of primary amides is 1. The number of nitrogens with one attached hydrogen (secondary N) is 1. The summed E-state index contributed by atoms with van der Waals surface area (Å²) in [5, 5.41) is 2.92. The average molecular weight is 489 g/mol. The largest absolute Gasteiger partial charge is 0.456 e. The van der Waals surface area contributed by atoms with Crippen LogP contribution in [0.1, 0.15) is 65.7 Å². The second kappa shape index (κ2) is 11.0. The van der Waals surface area contributed by atoms with Crippen LogP contribution in [-0.4, -0.2) is 41.5 Å². The van der Waals surface area contributed by atoms with Gasteiger partial charge in [-0.3, -0.25) is 14.6 Å². The highest BCUT2D eigenvalue weighted by atomic mass is 16.6. The van der Waals surface area contributed by atoms with Crippen LogP contribution >= 0.6 is 0 Å². The van der Waals surface area contributed by atoms with E-state index in [9.17, 15) is 14.4 Å². The van der Waals surface area contributed by atoms with Gasteiger partial charge >= 0.3 is 5.97 Å². The van der Waals surface area contributed by atoms with Crippen molar-refractivity contribution in [2.24, 2.45) is 5.73 Å². The number of hydrogen-bond donors (Lipinski definition) is 2. The Labute approximate surface area is 211 Å². The number of anilines is 2. The average Bonchev–Trinajstić information content (AvgIpc) is 2.84. The van der Waals surface area contributed by atoms with Crippen molar-refractivity contribution in [3.63, 3.8) is 0 Å². The Balaban J connectivity index is 1.99.